The van der Waals surface area contributed by atoms with Gasteiger partial charge in [0, 0.05) is 19.6 Å². The fraction of sp³-hybridized carbons (Fsp3) is 0.478. The molecule has 4 rings (SSSR count). The average molecular weight is 427 g/mol. The molecule has 0 amide bonds. The number of nitrogens with zero attached hydrogens (tertiary/aromatic N) is 4. The largest absolute Gasteiger partial charge is 0.493 e. The second-order valence-electron chi connectivity index (χ2n) is 8.22. The van der Waals surface area contributed by atoms with Crippen LogP contribution in [0.2, 0.25) is 0 Å². The van der Waals surface area contributed by atoms with Crippen molar-refractivity contribution in [2.75, 3.05) is 40.4 Å². The first-order valence-electron chi connectivity index (χ1n) is 10.7. The summed E-state index contributed by atoms with van der Waals surface area (Å²) in [6, 6.07) is 11.9. The minimum atomic E-state index is -0.508. The van der Waals surface area contributed by atoms with E-state index in [1.54, 1.807) is 7.11 Å². The lowest BCUT2D eigenvalue weighted by atomic mass is 10.1. The molecule has 3 aromatic rings. The number of aliphatic hydroxyl groups is 1. The van der Waals surface area contributed by atoms with Gasteiger partial charge in [0.15, 0.2) is 11.5 Å². The zero-order chi connectivity index (χ0) is 21.6. The highest BCUT2D eigenvalue weighted by Crippen LogP contribution is 2.29. The van der Waals surface area contributed by atoms with Crippen molar-refractivity contribution < 1.29 is 19.2 Å². The Bertz CT molecular complexity index is 987. The van der Waals surface area contributed by atoms with Gasteiger partial charge < -0.3 is 19.5 Å². The molecule has 0 spiro atoms. The fourth-order valence-electron chi connectivity index (χ4n) is 4.04. The molecule has 0 bridgehead atoms. The second-order valence-corrected chi connectivity index (χ2v) is 8.22. The molecule has 1 N–H and O–H groups in total. The summed E-state index contributed by atoms with van der Waals surface area (Å²) in [6.45, 7) is 4.56. The van der Waals surface area contributed by atoms with Gasteiger partial charge in [-0.1, -0.05) is 12.1 Å². The molecule has 166 valence electrons. The van der Waals surface area contributed by atoms with E-state index in [0.717, 1.165) is 48.3 Å². The number of benzene rings is 2. The van der Waals surface area contributed by atoms with Gasteiger partial charge in [0.2, 0.25) is 0 Å². The van der Waals surface area contributed by atoms with E-state index < -0.39 is 6.10 Å². The molecule has 2 aromatic carbocycles. The van der Waals surface area contributed by atoms with E-state index in [1.807, 2.05) is 36.4 Å². The van der Waals surface area contributed by atoms with E-state index in [9.17, 15) is 5.11 Å². The number of methoxy groups -OCH3 is 1. The van der Waals surface area contributed by atoms with Crippen LogP contribution >= 0.6 is 0 Å². The highest BCUT2D eigenvalue weighted by atomic mass is 16.6. The number of hydrogen-bond donors (Lipinski definition) is 1. The first-order valence-corrected chi connectivity index (χ1v) is 10.7. The van der Waals surface area contributed by atoms with Crippen LogP contribution in [0.25, 0.3) is 11.0 Å². The van der Waals surface area contributed by atoms with Crippen molar-refractivity contribution in [3.63, 3.8) is 0 Å². The molecule has 1 atom stereocenters. The lowest BCUT2D eigenvalue weighted by Gasteiger charge is -2.21. The number of ether oxygens (including phenoxy) is 2. The van der Waals surface area contributed by atoms with Crippen LogP contribution < -0.4 is 9.47 Å². The average Bonchev–Trinajstić information content (AvgIpc) is 3.44. The molecular formula is C23H30N4O4. The van der Waals surface area contributed by atoms with Crippen LogP contribution in [0.1, 0.15) is 24.0 Å². The number of fused-ring (bicyclic) bond motifs is 1. The summed E-state index contributed by atoms with van der Waals surface area (Å²) in [5.41, 5.74) is 3.79. The highest BCUT2D eigenvalue weighted by Gasteiger charge is 2.17. The molecule has 1 saturated heterocycles. The van der Waals surface area contributed by atoms with Crippen LogP contribution in [0.4, 0.5) is 0 Å². The molecule has 31 heavy (non-hydrogen) atoms. The Morgan fingerprint density at radius 2 is 1.74 bits per heavy atom. The molecule has 8 heteroatoms. The van der Waals surface area contributed by atoms with Crippen LogP contribution in [-0.4, -0.2) is 71.7 Å². The molecule has 0 aliphatic carbocycles. The van der Waals surface area contributed by atoms with Gasteiger partial charge in [-0.3, -0.25) is 4.90 Å². The lowest BCUT2D eigenvalue weighted by molar-refractivity contribution is 0.0747. The maximum Gasteiger partial charge on any atom is 0.161 e. The Labute approximate surface area is 182 Å². The summed E-state index contributed by atoms with van der Waals surface area (Å²) in [7, 11) is 3.70. The van der Waals surface area contributed by atoms with E-state index in [0.29, 0.717) is 18.0 Å². The number of β-amino-alcohol motifs (C(OH)–C–C–N with tert-alkyl or cyclic N) is 1. The van der Waals surface area contributed by atoms with E-state index in [1.165, 1.54) is 12.8 Å². The van der Waals surface area contributed by atoms with Gasteiger partial charge in [0.25, 0.3) is 0 Å². The van der Waals surface area contributed by atoms with Gasteiger partial charge >= 0.3 is 0 Å². The van der Waals surface area contributed by atoms with Crippen LogP contribution in [0.5, 0.6) is 11.5 Å². The minimum absolute atomic E-state index is 0.255. The van der Waals surface area contributed by atoms with Gasteiger partial charge in [0.05, 0.1) is 7.11 Å². The van der Waals surface area contributed by atoms with E-state index in [2.05, 4.69) is 27.2 Å². The van der Waals surface area contributed by atoms with Crippen LogP contribution in [-0.2, 0) is 13.1 Å². The zero-order valence-corrected chi connectivity index (χ0v) is 18.2. The predicted octanol–water partition coefficient (Wildman–Crippen LogP) is 2.70. The van der Waals surface area contributed by atoms with Gasteiger partial charge in [0.1, 0.15) is 23.7 Å². The van der Waals surface area contributed by atoms with Crippen LogP contribution in [0.15, 0.2) is 41.0 Å². The maximum atomic E-state index is 10.3. The Morgan fingerprint density at radius 3 is 2.52 bits per heavy atom. The Morgan fingerprint density at radius 1 is 1.03 bits per heavy atom. The van der Waals surface area contributed by atoms with Crippen molar-refractivity contribution in [3.05, 3.63) is 47.5 Å². The zero-order valence-electron chi connectivity index (χ0n) is 18.2. The monoisotopic (exact) mass is 426 g/mol. The van der Waals surface area contributed by atoms with Crippen molar-refractivity contribution in [2.45, 2.75) is 32.0 Å². The smallest absolute Gasteiger partial charge is 0.161 e. The summed E-state index contributed by atoms with van der Waals surface area (Å²) >= 11 is 0. The molecule has 0 saturated carbocycles. The predicted molar refractivity (Wildman–Crippen MR) is 117 cm³/mol. The van der Waals surface area contributed by atoms with E-state index in [4.69, 9.17) is 14.1 Å². The van der Waals surface area contributed by atoms with Gasteiger partial charge in [-0.2, -0.15) is 0 Å². The second kappa shape index (κ2) is 10.1. The molecule has 8 nitrogen and oxygen atoms in total. The summed E-state index contributed by atoms with van der Waals surface area (Å²) in [5.74, 6) is 1.33. The summed E-state index contributed by atoms with van der Waals surface area (Å²) in [4.78, 5) is 4.49. The fourth-order valence-corrected chi connectivity index (χ4v) is 4.04. The topological polar surface area (TPSA) is 84.1 Å². The minimum Gasteiger partial charge on any atom is -0.493 e. The molecular weight excluding hydrogens is 396 g/mol. The molecule has 1 aliphatic heterocycles. The Kier molecular flexibility index (Phi) is 7.01. The lowest BCUT2D eigenvalue weighted by Crippen LogP contribution is -2.33. The molecule has 1 fully saturated rings. The highest BCUT2D eigenvalue weighted by molar-refractivity contribution is 5.73. The molecule has 1 unspecified atom stereocenters. The SMILES string of the molecule is COc1cc(CN(C)Cc2ccc3nonc3c2)ccc1OCC(O)CN1CCCC1. The Hall–Kier alpha value is -2.68. The third-order valence-corrected chi connectivity index (χ3v) is 5.55. The van der Waals surface area contributed by atoms with Crippen molar-refractivity contribution in [1.29, 1.82) is 0 Å². The van der Waals surface area contributed by atoms with E-state index >= 15 is 0 Å². The normalized spacial score (nSPS) is 15.6. The van der Waals surface area contributed by atoms with E-state index in [-0.39, 0.29) is 6.61 Å². The third-order valence-electron chi connectivity index (χ3n) is 5.55. The molecule has 0 radical (unpaired) electrons. The third kappa shape index (κ3) is 5.72. The van der Waals surface area contributed by atoms with Crippen LogP contribution in [0.3, 0.4) is 0 Å². The number of aliphatic hydroxyl groups excluding tert-OH is 1. The number of hydrogen-bond acceptors (Lipinski definition) is 8. The first-order chi connectivity index (χ1) is 15.1. The number of aromatic nitrogens is 2. The maximum absolute atomic E-state index is 10.3. The summed E-state index contributed by atoms with van der Waals surface area (Å²) < 4.78 is 16.1. The molecule has 2 heterocycles. The van der Waals surface area contributed by atoms with Crippen molar-refractivity contribution in [1.82, 2.24) is 20.1 Å². The number of rotatable bonds is 10. The van der Waals surface area contributed by atoms with Crippen LogP contribution in [0, 0.1) is 0 Å². The van der Waals surface area contributed by atoms with Gasteiger partial charge in [-0.05, 0) is 78.7 Å². The first kappa shape index (κ1) is 21.5. The Balaban J connectivity index is 1.32. The standard InChI is InChI=1S/C23H30N4O4/c1-26(13-17-5-7-20-21(11-17)25-31-24-20)14-18-6-8-22(23(12-18)29-2)30-16-19(28)15-27-9-3-4-10-27/h5-8,11-12,19,28H,3-4,9-10,13-16H2,1-2H3. The number of likely N-dealkylation sites (tertiary alicyclic amines) is 1. The van der Waals surface area contributed by atoms with Gasteiger partial charge in [-0.15, -0.1) is 0 Å². The van der Waals surface area contributed by atoms with Crippen molar-refractivity contribution in [3.8, 4) is 11.5 Å². The quantitative estimate of drug-likeness (QED) is 0.530. The molecule has 1 aromatic heterocycles. The molecule has 1 aliphatic rings. The summed E-state index contributed by atoms with van der Waals surface area (Å²) in [6.07, 6.45) is 1.91. The van der Waals surface area contributed by atoms with Crippen molar-refractivity contribution >= 4 is 11.0 Å². The summed E-state index contributed by atoms with van der Waals surface area (Å²) in [5, 5.41) is 18.0. The van der Waals surface area contributed by atoms with Crippen molar-refractivity contribution in [2.24, 2.45) is 0 Å². The van der Waals surface area contributed by atoms with Gasteiger partial charge in [-0.25, -0.2) is 4.63 Å².